The van der Waals surface area contributed by atoms with E-state index in [1.165, 1.54) is 0 Å². The summed E-state index contributed by atoms with van der Waals surface area (Å²) in [4.78, 5) is 0. The van der Waals surface area contributed by atoms with E-state index < -0.39 is 5.60 Å². The molecule has 3 N–H and O–H groups in total. The van der Waals surface area contributed by atoms with E-state index in [4.69, 9.17) is 5.73 Å². The van der Waals surface area contributed by atoms with Crippen molar-refractivity contribution in [3.63, 3.8) is 0 Å². The Morgan fingerprint density at radius 3 is 2.08 bits per heavy atom. The van der Waals surface area contributed by atoms with Gasteiger partial charge in [-0.25, -0.2) is 0 Å². The zero-order valence-corrected chi connectivity index (χ0v) is 7.84. The summed E-state index contributed by atoms with van der Waals surface area (Å²) in [6.45, 7) is 2.26. The van der Waals surface area contributed by atoms with Gasteiger partial charge in [0.1, 0.15) is 0 Å². The topological polar surface area (TPSA) is 46.2 Å². The van der Waals surface area contributed by atoms with Crippen molar-refractivity contribution >= 4 is 0 Å². The van der Waals surface area contributed by atoms with Crippen molar-refractivity contribution in [1.82, 2.24) is 0 Å². The molecule has 0 aliphatic heterocycles. The highest BCUT2D eigenvalue weighted by Gasteiger charge is 2.56. The zero-order chi connectivity index (χ0) is 8.82. The molecule has 2 nitrogen and oxygen atoms in total. The molecule has 12 heavy (non-hydrogen) atoms. The molecule has 0 aromatic heterocycles. The average molecular weight is 169 g/mol. The summed E-state index contributed by atoms with van der Waals surface area (Å²) in [5.74, 6) is 0.785. The van der Waals surface area contributed by atoms with Gasteiger partial charge < -0.3 is 10.8 Å². The van der Waals surface area contributed by atoms with Crippen LogP contribution in [0.2, 0.25) is 0 Å². The number of rotatable bonds is 1. The summed E-state index contributed by atoms with van der Waals surface area (Å²) in [7, 11) is 0. The lowest BCUT2D eigenvalue weighted by Gasteiger charge is -2.39. The first-order valence-electron chi connectivity index (χ1n) is 5.07. The maximum atomic E-state index is 10.3. The molecule has 2 rings (SSSR count). The Hall–Kier alpha value is -0.0800. The fourth-order valence-corrected chi connectivity index (χ4v) is 2.34. The fourth-order valence-electron chi connectivity index (χ4n) is 2.34. The summed E-state index contributed by atoms with van der Waals surface area (Å²) in [5.41, 5.74) is 5.34. The van der Waals surface area contributed by atoms with Crippen LogP contribution < -0.4 is 5.73 Å². The Morgan fingerprint density at radius 2 is 1.67 bits per heavy atom. The molecule has 0 aromatic rings. The minimum absolute atomic E-state index is 0.201. The van der Waals surface area contributed by atoms with Crippen LogP contribution >= 0.6 is 0 Å². The van der Waals surface area contributed by atoms with E-state index in [2.05, 4.69) is 6.92 Å². The predicted molar refractivity (Wildman–Crippen MR) is 48.7 cm³/mol. The normalized spacial score (nSPS) is 45.8. The van der Waals surface area contributed by atoms with Gasteiger partial charge in [-0.15, -0.1) is 0 Å². The van der Waals surface area contributed by atoms with Crippen LogP contribution in [0.4, 0.5) is 0 Å². The van der Waals surface area contributed by atoms with E-state index in [1.807, 2.05) is 0 Å². The first kappa shape index (κ1) is 8.52. The van der Waals surface area contributed by atoms with Crippen molar-refractivity contribution in [2.24, 2.45) is 11.7 Å². The largest absolute Gasteiger partial charge is 0.388 e. The smallest absolute Gasteiger partial charge is 0.0826 e. The Bertz CT molecular complexity index is 178. The lowest BCUT2D eigenvalue weighted by Crippen LogP contribution is -2.52. The highest BCUT2D eigenvalue weighted by molar-refractivity contribution is 5.14. The second kappa shape index (κ2) is 2.46. The average Bonchev–Trinajstić information content (AvgIpc) is 2.77. The van der Waals surface area contributed by atoms with Gasteiger partial charge in [-0.05, 0) is 44.4 Å². The van der Waals surface area contributed by atoms with Gasteiger partial charge in [-0.1, -0.05) is 6.92 Å². The molecule has 0 amide bonds. The Morgan fingerprint density at radius 1 is 1.17 bits per heavy atom. The molecule has 0 radical (unpaired) electrons. The van der Waals surface area contributed by atoms with E-state index in [0.29, 0.717) is 0 Å². The van der Waals surface area contributed by atoms with Crippen LogP contribution in [0, 0.1) is 5.92 Å². The van der Waals surface area contributed by atoms with Gasteiger partial charge in [-0.3, -0.25) is 0 Å². The molecule has 0 heterocycles. The Labute approximate surface area is 74.1 Å². The summed E-state index contributed by atoms with van der Waals surface area (Å²) in [6, 6.07) is 0. The summed E-state index contributed by atoms with van der Waals surface area (Å²) < 4.78 is 0. The standard InChI is InChI=1S/C10H19NO/c1-8-2-4-10(12,5-3-8)9(11)6-7-9/h8,12H,2-7,11H2,1H3. The summed E-state index contributed by atoms with van der Waals surface area (Å²) in [5, 5.41) is 10.3. The lowest BCUT2D eigenvalue weighted by molar-refractivity contribution is -0.0382. The van der Waals surface area contributed by atoms with E-state index >= 15 is 0 Å². The van der Waals surface area contributed by atoms with Gasteiger partial charge in [0, 0.05) is 5.54 Å². The van der Waals surface area contributed by atoms with Crippen LogP contribution in [0.5, 0.6) is 0 Å². The van der Waals surface area contributed by atoms with Crippen LogP contribution in [0.15, 0.2) is 0 Å². The lowest BCUT2D eigenvalue weighted by atomic mass is 9.74. The van der Waals surface area contributed by atoms with Crippen LogP contribution in [0.1, 0.15) is 45.4 Å². The Balaban J connectivity index is 2.03. The third kappa shape index (κ3) is 1.17. The van der Waals surface area contributed by atoms with Crippen LogP contribution in [-0.4, -0.2) is 16.2 Å². The third-order valence-corrected chi connectivity index (χ3v) is 3.82. The first-order chi connectivity index (χ1) is 5.56. The second-order valence-corrected chi connectivity index (χ2v) is 4.87. The molecule has 0 saturated heterocycles. The molecule has 0 bridgehead atoms. The van der Waals surface area contributed by atoms with E-state index in [1.54, 1.807) is 0 Å². The minimum Gasteiger partial charge on any atom is -0.388 e. The van der Waals surface area contributed by atoms with Crippen molar-refractivity contribution in [3.8, 4) is 0 Å². The summed E-state index contributed by atoms with van der Waals surface area (Å²) in [6.07, 6.45) is 6.19. The maximum absolute atomic E-state index is 10.3. The van der Waals surface area contributed by atoms with Crippen molar-refractivity contribution in [3.05, 3.63) is 0 Å². The number of nitrogens with two attached hydrogens (primary N) is 1. The van der Waals surface area contributed by atoms with E-state index in [-0.39, 0.29) is 5.54 Å². The number of hydrogen-bond acceptors (Lipinski definition) is 2. The molecule has 2 fully saturated rings. The molecular formula is C10H19NO. The number of aliphatic hydroxyl groups is 1. The van der Waals surface area contributed by atoms with Crippen molar-refractivity contribution in [2.75, 3.05) is 0 Å². The predicted octanol–water partition coefficient (Wildman–Crippen LogP) is 1.42. The minimum atomic E-state index is -0.514. The molecular weight excluding hydrogens is 150 g/mol. The van der Waals surface area contributed by atoms with Crippen molar-refractivity contribution in [2.45, 2.75) is 56.6 Å². The molecule has 2 heteroatoms. The highest BCUT2D eigenvalue weighted by Crippen LogP contribution is 2.49. The third-order valence-electron chi connectivity index (χ3n) is 3.82. The van der Waals surface area contributed by atoms with Crippen molar-refractivity contribution in [1.29, 1.82) is 0 Å². The highest BCUT2D eigenvalue weighted by atomic mass is 16.3. The maximum Gasteiger partial charge on any atom is 0.0826 e. The molecule has 2 aliphatic carbocycles. The molecule has 0 unspecified atom stereocenters. The quantitative estimate of drug-likeness (QED) is 0.623. The second-order valence-electron chi connectivity index (χ2n) is 4.87. The van der Waals surface area contributed by atoms with Gasteiger partial charge in [0.2, 0.25) is 0 Å². The summed E-state index contributed by atoms with van der Waals surface area (Å²) >= 11 is 0. The molecule has 2 saturated carbocycles. The monoisotopic (exact) mass is 169 g/mol. The first-order valence-corrected chi connectivity index (χ1v) is 5.07. The SMILES string of the molecule is CC1CCC(O)(C2(N)CC2)CC1. The van der Waals surface area contributed by atoms with Gasteiger partial charge in [-0.2, -0.15) is 0 Å². The van der Waals surface area contributed by atoms with Gasteiger partial charge in [0.25, 0.3) is 0 Å². The van der Waals surface area contributed by atoms with Crippen LogP contribution in [-0.2, 0) is 0 Å². The Kier molecular flexibility index (Phi) is 1.74. The molecule has 2 aliphatic rings. The van der Waals surface area contributed by atoms with Crippen molar-refractivity contribution < 1.29 is 5.11 Å². The zero-order valence-electron chi connectivity index (χ0n) is 7.84. The van der Waals surface area contributed by atoms with Gasteiger partial charge in [0.15, 0.2) is 0 Å². The molecule has 0 spiro atoms. The van der Waals surface area contributed by atoms with Gasteiger partial charge in [0.05, 0.1) is 5.60 Å². The van der Waals surface area contributed by atoms with Gasteiger partial charge >= 0.3 is 0 Å². The fraction of sp³-hybridized carbons (Fsp3) is 1.00. The molecule has 70 valence electrons. The number of hydrogen-bond donors (Lipinski definition) is 2. The van der Waals surface area contributed by atoms with Crippen LogP contribution in [0.3, 0.4) is 0 Å². The van der Waals surface area contributed by atoms with E-state index in [0.717, 1.165) is 44.4 Å². The van der Waals surface area contributed by atoms with Crippen LogP contribution in [0.25, 0.3) is 0 Å². The van der Waals surface area contributed by atoms with E-state index in [9.17, 15) is 5.11 Å². The molecule has 0 atom stereocenters. The molecule has 0 aromatic carbocycles.